The molecule has 0 saturated heterocycles. The quantitative estimate of drug-likeness (QED) is 0.745. The van der Waals surface area contributed by atoms with Gasteiger partial charge >= 0.3 is 0 Å². The van der Waals surface area contributed by atoms with Gasteiger partial charge in [0.2, 0.25) is 0 Å². The summed E-state index contributed by atoms with van der Waals surface area (Å²) in [5.41, 5.74) is 3.34. The average Bonchev–Trinajstić information content (AvgIpc) is 2.51. The molecule has 0 bridgehead atoms. The molecule has 0 fully saturated rings. The second kappa shape index (κ2) is 6.44. The molecule has 3 aromatic rings. The van der Waals surface area contributed by atoms with Gasteiger partial charge in [-0.3, -0.25) is 4.98 Å². The van der Waals surface area contributed by atoms with Crippen molar-refractivity contribution in [1.29, 1.82) is 0 Å². The lowest BCUT2D eigenvalue weighted by Gasteiger charge is -2.08. The van der Waals surface area contributed by atoms with Gasteiger partial charge in [-0.05, 0) is 29.3 Å². The number of fused-ring (bicyclic) bond motifs is 1. The van der Waals surface area contributed by atoms with Crippen LogP contribution in [0, 0.1) is 0 Å². The molecule has 0 aliphatic rings. The van der Waals surface area contributed by atoms with Gasteiger partial charge in [-0.2, -0.15) is 0 Å². The van der Waals surface area contributed by atoms with Crippen molar-refractivity contribution in [3.05, 3.63) is 75.9 Å². The number of benzene rings is 2. The maximum absolute atomic E-state index is 6.02. The number of nitrogens with one attached hydrogen (secondary N) is 1. The Bertz CT molecular complexity index is 766. The van der Waals surface area contributed by atoms with E-state index in [-0.39, 0.29) is 0 Å². The Morgan fingerprint density at radius 3 is 2.62 bits per heavy atom. The number of aromatic nitrogens is 1. The van der Waals surface area contributed by atoms with Gasteiger partial charge in [-0.1, -0.05) is 53.5 Å². The first-order chi connectivity index (χ1) is 10.2. The van der Waals surface area contributed by atoms with E-state index in [4.69, 9.17) is 23.2 Å². The topological polar surface area (TPSA) is 24.9 Å². The van der Waals surface area contributed by atoms with Crippen molar-refractivity contribution < 1.29 is 0 Å². The molecule has 4 heteroatoms. The minimum Gasteiger partial charge on any atom is -0.309 e. The van der Waals surface area contributed by atoms with E-state index in [2.05, 4.69) is 34.6 Å². The number of hydrogen-bond donors (Lipinski definition) is 1. The summed E-state index contributed by atoms with van der Waals surface area (Å²) < 4.78 is 0. The lowest BCUT2D eigenvalue weighted by atomic mass is 10.1. The third-order valence-electron chi connectivity index (χ3n) is 3.34. The van der Waals surface area contributed by atoms with Gasteiger partial charge in [0.05, 0.1) is 15.6 Å². The van der Waals surface area contributed by atoms with Crippen LogP contribution in [0.1, 0.15) is 11.1 Å². The van der Waals surface area contributed by atoms with Gasteiger partial charge in [-0.15, -0.1) is 0 Å². The Hall–Kier alpha value is -1.61. The minimum atomic E-state index is 0.582. The van der Waals surface area contributed by atoms with Gasteiger partial charge in [0.25, 0.3) is 0 Å². The van der Waals surface area contributed by atoms with E-state index in [0.717, 1.165) is 29.6 Å². The van der Waals surface area contributed by atoms with Crippen molar-refractivity contribution in [2.75, 3.05) is 0 Å². The highest BCUT2D eigenvalue weighted by atomic mass is 35.5. The lowest BCUT2D eigenvalue weighted by molar-refractivity contribution is 0.696. The Morgan fingerprint density at radius 2 is 1.76 bits per heavy atom. The van der Waals surface area contributed by atoms with Gasteiger partial charge in [0, 0.05) is 24.7 Å². The normalized spacial score (nSPS) is 11.0. The highest BCUT2D eigenvalue weighted by Gasteiger charge is 2.02. The summed E-state index contributed by atoms with van der Waals surface area (Å²) in [5, 5.41) is 5.74. The molecule has 0 spiro atoms. The molecule has 3 rings (SSSR count). The van der Waals surface area contributed by atoms with E-state index in [0.29, 0.717) is 10.0 Å². The van der Waals surface area contributed by atoms with E-state index >= 15 is 0 Å². The molecular weight excluding hydrogens is 303 g/mol. The highest BCUT2D eigenvalue weighted by Crippen LogP contribution is 2.22. The minimum absolute atomic E-state index is 0.582. The monoisotopic (exact) mass is 316 g/mol. The van der Waals surface area contributed by atoms with Crippen molar-refractivity contribution in [3.8, 4) is 0 Å². The van der Waals surface area contributed by atoms with Crippen molar-refractivity contribution >= 4 is 34.1 Å². The fraction of sp³-hybridized carbons (Fsp3) is 0.118. The molecule has 2 aromatic carbocycles. The third-order valence-corrected chi connectivity index (χ3v) is 4.08. The molecule has 2 nitrogen and oxygen atoms in total. The van der Waals surface area contributed by atoms with E-state index in [1.165, 1.54) is 5.56 Å². The zero-order chi connectivity index (χ0) is 14.7. The molecular formula is C17H14Cl2N2. The second-order valence-electron chi connectivity index (χ2n) is 4.84. The Morgan fingerprint density at radius 1 is 0.905 bits per heavy atom. The summed E-state index contributed by atoms with van der Waals surface area (Å²) >= 11 is 11.9. The largest absolute Gasteiger partial charge is 0.309 e. The predicted octanol–water partition coefficient (Wildman–Crippen LogP) is 4.83. The fourth-order valence-electron chi connectivity index (χ4n) is 2.30. The molecule has 0 radical (unpaired) electrons. The second-order valence-corrected chi connectivity index (χ2v) is 5.66. The Balaban J connectivity index is 1.70. The smallest absolute Gasteiger partial charge is 0.0746 e. The molecule has 106 valence electrons. The first kappa shape index (κ1) is 14.3. The molecule has 1 heterocycles. The average molecular weight is 317 g/mol. The molecule has 0 amide bonds. The van der Waals surface area contributed by atoms with Crippen LogP contribution < -0.4 is 5.32 Å². The molecule has 0 atom stereocenters. The van der Waals surface area contributed by atoms with E-state index in [1.54, 1.807) is 0 Å². The van der Waals surface area contributed by atoms with Gasteiger partial charge < -0.3 is 5.32 Å². The van der Waals surface area contributed by atoms with Crippen LogP contribution in [0.4, 0.5) is 0 Å². The number of para-hydroxylation sites is 1. The number of hydrogen-bond acceptors (Lipinski definition) is 2. The molecule has 0 aliphatic heterocycles. The van der Waals surface area contributed by atoms with E-state index < -0.39 is 0 Å². The third kappa shape index (κ3) is 3.35. The highest BCUT2D eigenvalue weighted by molar-refractivity contribution is 6.42. The Kier molecular flexibility index (Phi) is 4.39. The van der Waals surface area contributed by atoms with Gasteiger partial charge in [0.15, 0.2) is 0 Å². The summed E-state index contributed by atoms with van der Waals surface area (Å²) in [4.78, 5) is 4.45. The first-order valence-corrected chi connectivity index (χ1v) is 7.47. The van der Waals surface area contributed by atoms with E-state index in [9.17, 15) is 0 Å². The molecule has 0 unspecified atom stereocenters. The van der Waals surface area contributed by atoms with Crippen LogP contribution in [-0.2, 0) is 13.1 Å². The summed E-state index contributed by atoms with van der Waals surface area (Å²) in [6.45, 7) is 1.49. The van der Waals surface area contributed by atoms with Crippen LogP contribution in [0.25, 0.3) is 10.9 Å². The Labute approximate surface area is 133 Å². The molecule has 0 aliphatic carbocycles. The SMILES string of the molecule is Clc1ccc(CNCc2cccc3cccnc23)cc1Cl. The van der Waals surface area contributed by atoms with Crippen molar-refractivity contribution in [3.63, 3.8) is 0 Å². The van der Waals surface area contributed by atoms with Crippen LogP contribution in [0.5, 0.6) is 0 Å². The molecule has 0 saturated carbocycles. The summed E-state index contributed by atoms with van der Waals surface area (Å²) in [6, 6.07) is 15.9. The van der Waals surface area contributed by atoms with Crippen LogP contribution in [-0.4, -0.2) is 4.98 Å². The summed E-state index contributed by atoms with van der Waals surface area (Å²) in [5.74, 6) is 0. The number of rotatable bonds is 4. The van der Waals surface area contributed by atoms with Gasteiger partial charge in [0.1, 0.15) is 0 Å². The zero-order valence-electron chi connectivity index (χ0n) is 11.3. The maximum atomic E-state index is 6.02. The first-order valence-electron chi connectivity index (χ1n) is 6.71. The van der Waals surface area contributed by atoms with E-state index in [1.807, 2.05) is 30.5 Å². The maximum Gasteiger partial charge on any atom is 0.0746 e. The zero-order valence-corrected chi connectivity index (χ0v) is 12.8. The van der Waals surface area contributed by atoms with Crippen molar-refractivity contribution in [1.82, 2.24) is 10.3 Å². The number of nitrogens with zero attached hydrogens (tertiary/aromatic N) is 1. The summed E-state index contributed by atoms with van der Waals surface area (Å²) in [6.07, 6.45) is 1.82. The fourth-order valence-corrected chi connectivity index (χ4v) is 2.62. The predicted molar refractivity (Wildman–Crippen MR) is 88.7 cm³/mol. The van der Waals surface area contributed by atoms with Crippen LogP contribution in [0.3, 0.4) is 0 Å². The van der Waals surface area contributed by atoms with Crippen LogP contribution in [0.15, 0.2) is 54.7 Å². The lowest BCUT2D eigenvalue weighted by Crippen LogP contribution is -2.13. The summed E-state index contributed by atoms with van der Waals surface area (Å²) in [7, 11) is 0. The number of halogens is 2. The van der Waals surface area contributed by atoms with Crippen LogP contribution >= 0.6 is 23.2 Å². The molecule has 21 heavy (non-hydrogen) atoms. The van der Waals surface area contributed by atoms with Crippen molar-refractivity contribution in [2.45, 2.75) is 13.1 Å². The van der Waals surface area contributed by atoms with Crippen molar-refractivity contribution in [2.24, 2.45) is 0 Å². The van der Waals surface area contributed by atoms with Gasteiger partial charge in [-0.25, -0.2) is 0 Å². The van der Waals surface area contributed by atoms with Crippen LogP contribution in [0.2, 0.25) is 10.0 Å². The molecule has 1 N–H and O–H groups in total. The molecule has 1 aromatic heterocycles. The number of pyridine rings is 1. The standard InChI is InChI=1S/C17H14Cl2N2/c18-15-7-6-12(9-16(15)19)10-20-11-14-4-1-3-13-5-2-8-21-17(13)14/h1-9,20H,10-11H2.